The SMILES string of the molecule is CCC(C)Oc1cc(NN)nc(C(F)(F)F)n1. The van der Waals surface area contributed by atoms with Crippen LogP contribution < -0.4 is 16.0 Å². The highest BCUT2D eigenvalue weighted by Crippen LogP contribution is 2.28. The highest BCUT2D eigenvalue weighted by molar-refractivity contribution is 5.37. The van der Waals surface area contributed by atoms with Gasteiger partial charge in [0.2, 0.25) is 11.7 Å². The van der Waals surface area contributed by atoms with Crippen LogP contribution in [0.25, 0.3) is 0 Å². The zero-order chi connectivity index (χ0) is 13.1. The van der Waals surface area contributed by atoms with Gasteiger partial charge in [-0.05, 0) is 13.3 Å². The molecule has 1 unspecified atom stereocenters. The Kier molecular flexibility index (Phi) is 4.11. The van der Waals surface area contributed by atoms with Gasteiger partial charge in [0, 0.05) is 6.07 Å². The third-order valence-corrected chi connectivity index (χ3v) is 2.00. The number of nitrogens with zero attached hydrogens (tertiary/aromatic N) is 2. The summed E-state index contributed by atoms with van der Waals surface area (Å²) >= 11 is 0. The molecular weight excluding hydrogens is 237 g/mol. The van der Waals surface area contributed by atoms with Crippen LogP contribution in [-0.4, -0.2) is 16.1 Å². The molecule has 1 atom stereocenters. The van der Waals surface area contributed by atoms with Gasteiger partial charge in [-0.25, -0.2) is 10.8 Å². The average Bonchev–Trinajstić information content (AvgIpc) is 2.27. The molecule has 0 aliphatic rings. The maximum absolute atomic E-state index is 12.5. The van der Waals surface area contributed by atoms with Crippen LogP contribution in [0.5, 0.6) is 5.88 Å². The molecule has 0 saturated carbocycles. The van der Waals surface area contributed by atoms with E-state index in [0.29, 0.717) is 6.42 Å². The highest BCUT2D eigenvalue weighted by Gasteiger charge is 2.35. The molecule has 0 aromatic carbocycles. The van der Waals surface area contributed by atoms with Gasteiger partial charge in [-0.2, -0.15) is 18.2 Å². The number of halogens is 3. The van der Waals surface area contributed by atoms with Gasteiger partial charge in [-0.15, -0.1) is 0 Å². The molecule has 0 radical (unpaired) electrons. The molecule has 0 aliphatic heterocycles. The van der Waals surface area contributed by atoms with Gasteiger partial charge < -0.3 is 10.2 Å². The standard InChI is InChI=1S/C9H13F3N4O/c1-3-5(2)17-7-4-6(16-13)14-8(15-7)9(10,11)12/h4-5H,3,13H2,1-2H3,(H,14,15,16). The van der Waals surface area contributed by atoms with Crippen molar-refractivity contribution in [1.82, 2.24) is 9.97 Å². The van der Waals surface area contributed by atoms with Gasteiger partial charge >= 0.3 is 6.18 Å². The number of nitrogen functional groups attached to an aromatic ring is 1. The van der Waals surface area contributed by atoms with Gasteiger partial charge in [0.05, 0.1) is 6.10 Å². The second kappa shape index (κ2) is 5.17. The Labute approximate surface area is 96.2 Å². The molecule has 1 heterocycles. The average molecular weight is 250 g/mol. The molecule has 0 saturated heterocycles. The first-order valence-electron chi connectivity index (χ1n) is 4.96. The minimum absolute atomic E-state index is 0.148. The molecule has 0 spiro atoms. The number of hydrogen-bond acceptors (Lipinski definition) is 5. The molecule has 96 valence electrons. The lowest BCUT2D eigenvalue weighted by Crippen LogP contribution is -2.18. The summed E-state index contributed by atoms with van der Waals surface area (Å²) in [6.45, 7) is 3.57. The molecular formula is C9H13F3N4O. The number of hydrazine groups is 1. The summed E-state index contributed by atoms with van der Waals surface area (Å²) in [5, 5.41) is 0. The van der Waals surface area contributed by atoms with E-state index < -0.39 is 12.0 Å². The maximum Gasteiger partial charge on any atom is 0.451 e. The molecule has 0 amide bonds. The van der Waals surface area contributed by atoms with E-state index in [4.69, 9.17) is 10.6 Å². The fraction of sp³-hybridized carbons (Fsp3) is 0.556. The number of anilines is 1. The third kappa shape index (κ3) is 3.74. The van der Waals surface area contributed by atoms with Crippen molar-refractivity contribution in [2.75, 3.05) is 5.43 Å². The molecule has 3 N–H and O–H groups in total. The van der Waals surface area contributed by atoms with Crippen molar-refractivity contribution < 1.29 is 17.9 Å². The predicted molar refractivity (Wildman–Crippen MR) is 55.2 cm³/mol. The second-order valence-corrected chi connectivity index (χ2v) is 3.39. The Morgan fingerprint density at radius 2 is 2.12 bits per heavy atom. The quantitative estimate of drug-likeness (QED) is 0.631. The lowest BCUT2D eigenvalue weighted by molar-refractivity contribution is -0.145. The number of nitrogens with one attached hydrogen (secondary N) is 1. The number of rotatable bonds is 4. The first-order chi connectivity index (χ1) is 7.86. The van der Waals surface area contributed by atoms with Crippen LogP contribution in [-0.2, 0) is 6.18 Å². The summed E-state index contributed by atoms with van der Waals surface area (Å²) in [4.78, 5) is 6.49. The molecule has 5 nitrogen and oxygen atoms in total. The Hall–Kier alpha value is -1.57. The number of nitrogens with two attached hydrogens (primary N) is 1. The lowest BCUT2D eigenvalue weighted by atomic mass is 10.3. The Morgan fingerprint density at radius 1 is 1.47 bits per heavy atom. The van der Waals surface area contributed by atoms with Crippen molar-refractivity contribution >= 4 is 5.82 Å². The Balaban J connectivity index is 3.05. The van der Waals surface area contributed by atoms with Gasteiger partial charge in [-0.1, -0.05) is 6.92 Å². The Morgan fingerprint density at radius 3 is 2.59 bits per heavy atom. The van der Waals surface area contributed by atoms with Crippen molar-refractivity contribution in [3.8, 4) is 5.88 Å². The summed E-state index contributed by atoms with van der Waals surface area (Å²) in [5.41, 5.74) is 2.04. The largest absolute Gasteiger partial charge is 0.475 e. The van der Waals surface area contributed by atoms with Crippen molar-refractivity contribution in [3.05, 3.63) is 11.9 Å². The molecule has 1 rings (SSSR count). The molecule has 1 aromatic rings. The Bertz CT molecular complexity index is 383. The molecule has 0 aliphatic carbocycles. The van der Waals surface area contributed by atoms with E-state index in [1.165, 1.54) is 6.07 Å². The topological polar surface area (TPSA) is 73.1 Å². The zero-order valence-electron chi connectivity index (χ0n) is 9.38. The summed E-state index contributed by atoms with van der Waals surface area (Å²) in [5.74, 6) is 3.44. The minimum atomic E-state index is -4.64. The number of hydrogen-bond donors (Lipinski definition) is 2. The van der Waals surface area contributed by atoms with E-state index >= 15 is 0 Å². The van der Waals surface area contributed by atoms with E-state index in [1.54, 1.807) is 6.92 Å². The number of alkyl halides is 3. The summed E-state index contributed by atoms with van der Waals surface area (Å²) < 4.78 is 42.6. The molecule has 1 aromatic heterocycles. The van der Waals surface area contributed by atoms with Gasteiger partial charge in [-0.3, -0.25) is 0 Å². The van der Waals surface area contributed by atoms with Crippen LogP contribution in [0, 0.1) is 0 Å². The second-order valence-electron chi connectivity index (χ2n) is 3.39. The van der Waals surface area contributed by atoms with Crippen LogP contribution in [0.1, 0.15) is 26.1 Å². The first-order valence-corrected chi connectivity index (χ1v) is 4.96. The summed E-state index contributed by atoms with van der Waals surface area (Å²) in [6, 6.07) is 1.21. The summed E-state index contributed by atoms with van der Waals surface area (Å²) in [6.07, 6.45) is -4.23. The van der Waals surface area contributed by atoms with E-state index in [2.05, 4.69) is 9.97 Å². The highest BCUT2D eigenvalue weighted by atomic mass is 19.4. The first kappa shape index (κ1) is 13.5. The summed E-state index contributed by atoms with van der Waals surface area (Å²) in [7, 11) is 0. The van der Waals surface area contributed by atoms with E-state index in [0.717, 1.165) is 0 Å². The number of aromatic nitrogens is 2. The van der Waals surface area contributed by atoms with Crippen LogP contribution >= 0.6 is 0 Å². The van der Waals surface area contributed by atoms with Crippen LogP contribution in [0.4, 0.5) is 19.0 Å². The van der Waals surface area contributed by atoms with Crippen LogP contribution in [0.2, 0.25) is 0 Å². The van der Waals surface area contributed by atoms with Crippen molar-refractivity contribution in [1.29, 1.82) is 0 Å². The minimum Gasteiger partial charge on any atom is -0.475 e. The van der Waals surface area contributed by atoms with Crippen molar-refractivity contribution in [2.24, 2.45) is 5.84 Å². The zero-order valence-corrected chi connectivity index (χ0v) is 9.38. The third-order valence-electron chi connectivity index (χ3n) is 2.00. The van der Waals surface area contributed by atoms with E-state index in [9.17, 15) is 13.2 Å². The van der Waals surface area contributed by atoms with Crippen molar-refractivity contribution in [2.45, 2.75) is 32.5 Å². The van der Waals surface area contributed by atoms with Crippen molar-refractivity contribution in [3.63, 3.8) is 0 Å². The predicted octanol–water partition coefficient (Wildman–Crippen LogP) is 1.96. The lowest BCUT2D eigenvalue weighted by Gasteiger charge is -2.14. The van der Waals surface area contributed by atoms with Gasteiger partial charge in [0.1, 0.15) is 5.82 Å². The fourth-order valence-corrected chi connectivity index (χ4v) is 0.976. The maximum atomic E-state index is 12.5. The normalized spacial score (nSPS) is 13.3. The molecule has 8 heteroatoms. The van der Waals surface area contributed by atoms with E-state index in [-0.39, 0.29) is 17.8 Å². The van der Waals surface area contributed by atoms with Gasteiger partial charge in [0.25, 0.3) is 0 Å². The van der Waals surface area contributed by atoms with Crippen LogP contribution in [0.3, 0.4) is 0 Å². The fourth-order valence-electron chi connectivity index (χ4n) is 0.976. The molecule has 0 bridgehead atoms. The molecule has 17 heavy (non-hydrogen) atoms. The smallest absolute Gasteiger partial charge is 0.451 e. The molecule has 0 fully saturated rings. The monoisotopic (exact) mass is 250 g/mol. The van der Waals surface area contributed by atoms with Gasteiger partial charge in [0.15, 0.2) is 0 Å². The van der Waals surface area contributed by atoms with E-state index in [1.807, 2.05) is 12.3 Å². The number of ether oxygens (including phenoxy) is 1. The van der Waals surface area contributed by atoms with Crippen LogP contribution in [0.15, 0.2) is 6.07 Å².